The van der Waals surface area contributed by atoms with E-state index >= 15 is 0 Å². The number of carboxylic acids is 1. The van der Waals surface area contributed by atoms with Gasteiger partial charge in [0.1, 0.15) is 0 Å². The molecule has 0 unspecified atom stereocenters. The number of hydrogen-bond acceptors (Lipinski definition) is 3. The molecule has 0 saturated heterocycles. The molecular formula is C10H11FO4. The van der Waals surface area contributed by atoms with Gasteiger partial charge in [-0.2, -0.15) is 4.39 Å². The number of hydrogen-bond donors (Lipinski definition) is 3. The highest BCUT2D eigenvalue weighted by Gasteiger charge is 2.11. The quantitative estimate of drug-likeness (QED) is 0.712. The van der Waals surface area contributed by atoms with Crippen molar-refractivity contribution < 1.29 is 24.5 Å². The maximum Gasteiger partial charge on any atom is 0.303 e. The fourth-order valence-electron chi connectivity index (χ4n) is 1.23. The smallest absolute Gasteiger partial charge is 0.303 e. The van der Waals surface area contributed by atoms with E-state index in [2.05, 4.69) is 0 Å². The molecule has 0 radical (unpaired) electrons. The van der Waals surface area contributed by atoms with Gasteiger partial charge in [-0.3, -0.25) is 4.79 Å². The highest BCUT2D eigenvalue weighted by molar-refractivity contribution is 5.66. The van der Waals surface area contributed by atoms with E-state index < -0.39 is 23.3 Å². The van der Waals surface area contributed by atoms with Crippen molar-refractivity contribution in [1.82, 2.24) is 0 Å². The van der Waals surface area contributed by atoms with Crippen LogP contribution in [0.25, 0.3) is 0 Å². The van der Waals surface area contributed by atoms with Gasteiger partial charge >= 0.3 is 5.97 Å². The van der Waals surface area contributed by atoms with E-state index in [9.17, 15) is 14.3 Å². The summed E-state index contributed by atoms with van der Waals surface area (Å²) < 4.78 is 13.0. The first-order valence-electron chi connectivity index (χ1n) is 4.43. The third-order valence-corrected chi connectivity index (χ3v) is 2.02. The number of carbonyl (C=O) groups is 1. The predicted molar refractivity (Wildman–Crippen MR) is 50.3 cm³/mol. The maximum atomic E-state index is 13.0. The van der Waals surface area contributed by atoms with Crippen molar-refractivity contribution in [3.8, 4) is 11.5 Å². The Morgan fingerprint density at radius 1 is 1.33 bits per heavy atom. The van der Waals surface area contributed by atoms with Gasteiger partial charge in [0.25, 0.3) is 0 Å². The van der Waals surface area contributed by atoms with Crippen molar-refractivity contribution in [3.63, 3.8) is 0 Å². The fourth-order valence-corrected chi connectivity index (χ4v) is 1.23. The van der Waals surface area contributed by atoms with E-state index in [1.807, 2.05) is 0 Å². The lowest BCUT2D eigenvalue weighted by Crippen LogP contribution is -1.96. The van der Waals surface area contributed by atoms with Gasteiger partial charge in [0.05, 0.1) is 0 Å². The highest BCUT2D eigenvalue weighted by Crippen LogP contribution is 2.29. The van der Waals surface area contributed by atoms with Crippen molar-refractivity contribution in [2.24, 2.45) is 0 Å². The molecule has 15 heavy (non-hydrogen) atoms. The largest absolute Gasteiger partial charge is 0.505 e. The molecule has 0 atom stereocenters. The number of carboxylic acid groups (broad SMARTS) is 1. The number of phenols is 2. The van der Waals surface area contributed by atoms with E-state index in [0.717, 1.165) is 6.07 Å². The molecule has 0 spiro atoms. The summed E-state index contributed by atoms with van der Waals surface area (Å²) in [6, 6.07) is 2.50. The topological polar surface area (TPSA) is 77.8 Å². The number of aliphatic carboxylic acids is 1. The first kappa shape index (κ1) is 11.3. The Kier molecular flexibility index (Phi) is 3.49. The average molecular weight is 214 g/mol. The Labute approximate surface area is 85.6 Å². The molecular weight excluding hydrogens is 203 g/mol. The minimum absolute atomic E-state index is 0.0397. The molecule has 0 aliphatic carbocycles. The number of benzene rings is 1. The van der Waals surface area contributed by atoms with Crippen molar-refractivity contribution in [2.75, 3.05) is 0 Å². The van der Waals surface area contributed by atoms with Crippen LogP contribution in [0.4, 0.5) is 4.39 Å². The van der Waals surface area contributed by atoms with Crippen LogP contribution in [-0.2, 0) is 11.2 Å². The maximum absolute atomic E-state index is 13.0. The first-order valence-corrected chi connectivity index (χ1v) is 4.43. The summed E-state index contributed by atoms with van der Waals surface area (Å²) in [5.74, 6) is -3.23. The van der Waals surface area contributed by atoms with Crippen LogP contribution in [0, 0.1) is 5.82 Å². The van der Waals surface area contributed by atoms with Gasteiger partial charge < -0.3 is 15.3 Å². The number of rotatable bonds is 4. The summed E-state index contributed by atoms with van der Waals surface area (Å²) in [6.07, 6.45) is 0.532. The van der Waals surface area contributed by atoms with Crippen LogP contribution in [0.15, 0.2) is 12.1 Å². The molecule has 0 fully saturated rings. The zero-order valence-electron chi connectivity index (χ0n) is 7.90. The van der Waals surface area contributed by atoms with Gasteiger partial charge in [0.2, 0.25) is 5.82 Å². The van der Waals surface area contributed by atoms with Gasteiger partial charge in [-0.05, 0) is 24.5 Å². The molecule has 1 rings (SSSR count). The highest BCUT2D eigenvalue weighted by atomic mass is 19.1. The molecule has 0 aliphatic heterocycles. The molecule has 0 aliphatic rings. The molecule has 1 aromatic carbocycles. The minimum Gasteiger partial charge on any atom is -0.505 e. The third-order valence-electron chi connectivity index (χ3n) is 2.02. The van der Waals surface area contributed by atoms with Gasteiger partial charge in [-0.1, -0.05) is 6.07 Å². The van der Waals surface area contributed by atoms with E-state index in [1.54, 1.807) is 0 Å². The summed E-state index contributed by atoms with van der Waals surface area (Å²) in [5.41, 5.74) is 0.298. The average Bonchev–Trinajstić information content (AvgIpc) is 2.18. The molecule has 82 valence electrons. The molecule has 0 amide bonds. The van der Waals surface area contributed by atoms with Crippen molar-refractivity contribution in [2.45, 2.75) is 19.3 Å². The van der Waals surface area contributed by atoms with Crippen LogP contribution >= 0.6 is 0 Å². The summed E-state index contributed by atoms with van der Waals surface area (Å²) in [4.78, 5) is 10.2. The Hall–Kier alpha value is -1.78. The van der Waals surface area contributed by atoms with Crippen LogP contribution in [0.3, 0.4) is 0 Å². The Morgan fingerprint density at radius 3 is 2.60 bits per heavy atom. The second kappa shape index (κ2) is 4.63. The Balaban J connectivity index is 2.70. The summed E-state index contributed by atoms with van der Waals surface area (Å²) >= 11 is 0. The predicted octanol–water partition coefficient (Wildman–Crippen LogP) is 1.64. The van der Waals surface area contributed by atoms with Crippen molar-refractivity contribution >= 4 is 5.97 Å². The SMILES string of the molecule is O=C(O)CCCc1ccc(O)c(F)c1O. The number of phenolic OH excluding ortho intramolecular Hbond substituents is 2. The van der Waals surface area contributed by atoms with Gasteiger partial charge in [-0.15, -0.1) is 0 Å². The van der Waals surface area contributed by atoms with E-state index in [1.165, 1.54) is 6.07 Å². The molecule has 5 heteroatoms. The molecule has 1 aromatic rings. The third kappa shape index (κ3) is 2.83. The first-order chi connectivity index (χ1) is 7.02. The minimum atomic E-state index is -1.07. The Bertz CT molecular complexity index is 376. The molecule has 0 bridgehead atoms. The molecule has 0 saturated carbocycles. The Morgan fingerprint density at radius 2 is 2.00 bits per heavy atom. The van der Waals surface area contributed by atoms with Gasteiger partial charge in [0, 0.05) is 6.42 Å². The zero-order chi connectivity index (χ0) is 11.4. The van der Waals surface area contributed by atoms with Crippen LogP contribution in [0.1, 0.15) is 18.4 Å². The summed E-state index contributed by atoms with van der Waals surface area (Å²) in [5, 5.41) is 26.6. The molecule has 4 nitrogen and oxygen atoms in total. The number of aromatic hydroxyl groups is 2. The lowest BCUT2D eigenvalue weighted by molar-refractivity contribution is -0.137. The normalized spacial score (nSPS) is 10.2. The van der Waals surface area contributed by atoms with Crippen LogP contribution in [0.5, 0.6) is 11.5 Å². The lowest BCUT2D eigenvalue weighted by Gasteiger charge is -2.05. The van der Waals surface area contributed by atoms with Crippen LogP contribution < -0.4 is 0 Å². The van der Waals surface area contributed by atoms with Gasteiger partial charge in [-0.25, -0.2) is 0 Å². The number of aryl methyl sites for hydroxylation is 1. The standard InChI is InChI=1S/C10H11FO4/c11-9-7(12)5-4-6(10(9)15)2-1-3-8(13)14/h4-5,12,15H,1-3H2,(H,13,14). The van der Waals surface area contributed by atoms with E-state index in [-0.39, 0.29) is 12.8 Å². The van der Waals surface area contributed by atoms with Crippen molar-refractivity contribution in [1.29, 1.82) is 0 Å². The molecule has 0 heterocycles. The van der Waals surface area contributed by atoms with Crippen molar-refractivity contribution in [3.05, 3.63) is 23.5 Å². The van der Waals surface area contributed by atoms with Crippen LogP contribution in [-0.4, -0.2) is 21.3 Å². The monoisotopic (exact) mass is 214 g/mol. The van der Waals surface area contributed by atoms with E-state index in [0.29, 0.717) is 12.0 Å². The second-order valence-electron chi connectivity index (χ2n) is 3.15. The summed E-state index contributed by atoms with van der Waals surface area (Å²) in [6.45, 7) is 0. The second-order valence-corrected chi connectivity index (χ2v) is 3.15. The lowest BCUT2D eigenvalue weighted by atomic mass is 10.1. The molecule has 0 aromatic heterocycles. The zero-order valence-corrected chi connectivity index (χ0v) is 7.90. The van der Waals surface area contributed by atoms with E-state index in [4.69, 9.17) is 10.2 Å². The molecule has 3 N–H and O–H groups in total. The summed E-state index contributed by atoms with van der Waals surface area (Å²) in [7, 11) is 0. The van der Waals surface area contributed by atoms with Gasteiger partial charge in [0.15, 0.2) is 11.5 Å². The van der Waals surface area contributed by atoms with Crippen LogP contribution in [0.2, 0.25) is 0 Å². The fraction of sp³-hybridized carbons (Fsp3) is 0.300. The number of halogens is 1.